The van der Waals surface area contributed by atoms with Crippen LogP contribution in [0.25, 0.3) is 10.8 Å². The quantitative estimate of drug-likeness (QED) is 0.726. The topological polar surface area (TPSA) is 98.3 Å². The molecule has 1 amide bonds. The number of amides is 1. The lowest BCUT2D eigenvalue weighted by Crippen LogP contribution is -2.47. The number of nitrogens with zero attached hydrogens (tertiary/aromatic N) is 5. The Bertz CT molecular complexity index is 1010. The molecule has 1 aliphatic heterocycles. The predicted molar refractivity (Wildman–Crippen MR) is 105 cm³/mol. The van der Waals surface area contributed by atoms with Gasteiger partial charge in [-0.1, -0.05) is 5.10 Å². The van der Waals surface area contributed by atoms with E-state index < -0.39 is 0 Å². The molecule has 2 aromatic heterocycles. The Labute approximate surface area is 166 Å². The van der Waals surface area contributed by atoms with Crippen LogP contribution in [0.1, 0.15) is 15.9 Å². The van der Waals surface area contributed by atoms with E-state index in [9.17, 15) is 4.79 Å². The molecule has 0 saturated carbocycles. The number of carbonyl (C=O) groups excluding carboxylic acids is 1. The van der Waals surface area contributed by atoms with E-state index in [1.807, 2.05) is 17.0 Å². The maximum absolute atomic E-state index is 12.6. The van der Waals surface area contributed by atoms with Gasteiger partial charge in [0.1, 0.15) is 6.07 Å². The molecule has 4 rings (SSSR count). The van der Waals surface area contributed by atoms with Crippen molar-refractivity contribution in [3.63, 3.8) is 0 Å². The number of aromatic nitrogens is 2. The minimum Gasteiger partial charge on any atom is -0.402 e. The number of rotatable bonds is 4. The minimum absolute atomic E-state index is 0.0470. The van der Waals surface area contributed by atoms with E-state index >= 15 is 0 Å². The van der Waals surface area contributed by atoms with Crippen molar-refractivity contribution in [3.05, 3.63) is 46.8 Å². The summed E-state index contributed by atoms with van der Waals surface area (Å²) in [6, 6.07) is 11.2. The van der Waals surface area contributed by atoms with E-state index in [2.05, 4.69) is 33.5 Å². The lowest BCUT2D eigenvalue weighted by molar-refractivity contribution is 0.0664. The number of thiophene rings is 1. The van der Waals surface area contributed by atoms with E-state index in [0.717, 1.165) is 36.7 Å². The van der Waals surface area contributed by atoms with Gasteiger partial charge in [0.25, 0.3) is 11.8 Å². The van der Waals surface area contributed by atoms with Gasteiger partial charge >= 0.3 is 6.01 Å². The van der Waals surface area contributed by atoms with Gasteiger partial charge < -0.3 is 19.5 Å². The van der Waals surface area contributed by atoms with Crippen LogP contribution in [-0.2, 0) is 0 Å². The van der Waals surface area contributed by atoms with Crippen LogP contribution in [0, 0.1) is 11.3 Å². The van der Waals surface area contributed by atoms with Crippen molar-refractivity contribution < 1.29 is 9.21 Å². The summed E-state index contributed by atoms with van der Waals surface area (Å²) in [7, 11) is 2.06. The maximum atomic E-state index is 12.6. The first-order valence-electron chi connectivity index (χ1n) is 8.80. The molecule has 28 heavy (non-hydrogen) atoms. The zero-order valence-corrected chi connectivity index (χ0v) is 16.1. The highest BCUT2D eigenvalue weighted by Gasteiger charge is 2.20. The molecule has 1 fully saturated rings. The van der Waals surface area contributed by atoms with E-state index in [1.165, 1.54) is 11.3 Å². The van der Waals surface area contributed by atoms with Crippen LogP contribution >= 0.6 is 11.3 Å². The third-order valence-electron chi connectivity index (χ3n) is 4.54. The summed E-state index contributed by atoms with van der Waals surface area (Å²) < 4.78 is 5.60. The highest BCUT2D eigenvalue weighted by Crippen LogP contribution is 2.27. The highest BCUT2D eigenvalue weighted by atomic mass is 32.1. The second-order valence-corrected chi connectivity index (χ2v) is 7.43. The Morgan fingerprint density at radius 1 is 1.21 bits per heavy atom. The fourth-order valence-electron chi connectivity index (χ4n) is 2.89. The Hall–Kier alpha value is -3.22. The van der Waals surface area contributed by atoms with E-state index in [4.69, 9.17) is 9.68 Å². The molecule has 9 heteroatoms. The van der Waals surface area contributed by atoms with Crippen LogP contribution in [0.2, 0.25) is 0 Å². The van der Waals surface area contributed by atoms with Gasteiger partial charge in [-0.3, -0.25) is 4.79 Å². The number of carbonyl (C=O) groups is 1. The smallest absolute Gasteiger partial charge is 0.320 e. The first-order chi connectivity index (χ1) is 13.6. The van der Waals surface area contributed by atoms with E-state index in [1.54, 1.807) is 23.6 Å². The van der Waals surface area contributed by atoms with Crippen molar-refractivity contribution in [1.29, 1.82) is 5.26 Å². The Morgan fingerprint density at radius 3 is 2.64 bits per heavy atom. The summed E-state index contributed by atoms with van der Waals surface area (Å²) in [5.41, 5.74) is 1.96. The lowest BCUT2D eigenvalue weighted by atomic mass is 10.1. The molecule has 8 nitrogen and oxygen atoms in total. The second-order valence-electron chi connectivity index (χ2n) is 6.52. The molecular formula is C19H18N6O2S. The van der Waals surface area contributed by atoms with E-state index in [0.29, 0.717) is 17.0 Å². The summed E-state index contributed by atoms with van der Waals surface area (Å²) in [6.45, 7) is 3.28. The van der Waals surface area contributed by atoms with Gasteiger partial charge in [-0.2, -0.15) is 5.26 Å². The average molecular weight is 394 g/mol. The SMILES string of the molecule is CN1CCN(C(=O)c2ccc(Nc3nnc(-c4cc(C#N)cs4)o3)cc2)CC1. The Kier molecular flexibility index (Phi) is 5.06. The second kappa shape index (κ2) is 7.80. The van der Waals surface area contributed by atoms with Crippen LogP contribution < -0.4 is 5.32 Å². The molecule has 0 unspecified atom stereocenters. The molecule has 1 aliphatic rings. The molecule has 1 N–H and O–H groups in total. The fourth-order valence-corrected chi connectivity index (χ4v) is 3.65. The summed E-state index contributed by atoms with van der Waals surface area (Å²) in [4.78, 5) is 17.4. The van der Waals surface area contributed by atoms with Crippen LogP contribution in [0.5, 0.6) is 0 Å². The number of nitriles is 1. The number of hydrogen-bond donors (Lipinski definition) is 1. The maximum Gasteiger partial charge on any atom is 0.320 e. The molecular weight excluding hydrogens is 376 g/mol. The summed E-state index contributed by atoms with van der Waals surface area (Å²) in [5.74, 6) is 0.404. The molecule has 142 valence electrons. The zero-order chi connectivity index (χ0) is 19.5. The number of hydrogen-bond acceptors (Lipinski definition) is 8. The van der Waals surface area contributed by atoms with Crippen molar-refractivity contribution in [2.75, 3.05) is 38.5 Å². The van der Waals surface area contributed by atoms with Gasteiger partial charge in [-0.15, -0.1) is 16.4 Å². The third kappa shape index (κ3) is 3.88. The molecule has 3 heterocycles. The molecule has 1 saturated heterocycles. The molecule has 0 aliphatic carbocycles. The minimum atomic E-state index is 0.0470. The molecule has 0 bridgehead atoms. The average Bonchev–Trinajstić information content (AvgIpc) is 3.38. The Balaban J connectivity index is 1.41. The monoisotopic (exact) mass is 394 g/mol. The summed E-state index contributed by atoms with van der Waals surface area (Å²) in [5, 5.41) is 21.7. The predicted octanol–water partition coefficient (Wildman–Crippen LogP) is 2.80. The largest absolute Gasteiger partial charge is 0.402 e. The zero-order valence-electron chi connectivity index (χ0n) is 15.3. The van der Waals surface area contributed by atoms with Crippen LogP contribution in [0.3, 0.4) is 0 Å². The molecule has 3 aromatic rings. The Morgan fingerprint density at radius 2 is 1.96 bits per heavy atom. The standard InChI is InChI=1S/C19H18N6O2S/c1-24-6-8-25(9-7-24)18(26)14-2-4-15(5-3-14)21-19-23-22-17(27-19)16-10-13(11-20)12-28-16/h2-5,10,12H,6-9H2,1H3,(H,21,23). The fraction of sp³-hybridized carbons (Fsp3) is 0.263. The van der Waals surface area contributed by atoms with Crippen molar-refractivity contribution in [3.8, 4) is 16.8 Å². The molecule has 0 radical (unpaired) electrons. The van der Waals surface area contributed by atoms with Crippen molar-refractivity contribution in [1.82, 2.24) is 20.0 Å². The van der Waals surface area contributed by atoms with Crippen LogP contribution in [0.15, 0.2) is 40.1 Å². The molecule has 0 spiro atoms. The number of anilines is 2. The third-order valence-corrected chi connectivity index (χ3v) is 5.46. The first-order valence-corrected chi connectivity index (χ1v) is 9.68. The van der Waals surface area contributed by atoms with Gasteiger partial charge in [0.2, 0.25) is 0 Å². The number of piperazine rings is 1. The summed E-state index contributed by atoms with van der Waals surface area (Å²) >= 11 is 1.37. The van der Waals surface area contributed by atoms with E-state index in [-0.39, 0.29) is 11.9 Å². The summed E-state index contributed by atoms with van der Waals surface area (Å²) in [6.07, 6.45) is 0. The van der Waals surface area contributed by atoms with Crippen molar-refractivity contribution in [2.45, 2.75) is 0 Å². The van der Waals surface area contributed by atoms with Gasteiger partial charge in [-0.05, 0) is 37.4 Å². The van der Waals surface area contributed by atoms with Gasteiger partial charge in [0, 0.05) is 42.8 Å². The van der Waals surface area contributed by atoms with Crippen molar-refractivity contribution >= 4 is 28.9 Å². The van der Waals surface area contributed by atoms with Gasteiger partial charge in [0.05, 0.1) is 10.4 Å². The first kappa shape index (κ1) is 18.2. The van der Waals surface area contributed by atoms with Crippen molar-refractivity contribution in [2.24, 2.45) is 0 Å². The molecule has 1 aromatic carbocycles. The number of nitrogens with one attached hydrogen (secondary N) is 1. The number of likely N-dealkylation sites (N-methyl/N-ethyl adjacent to an activating group) is 1. The normalized spacial score (nSPS) is 14.6. The van der Waals surface area contributed by atoms with Crippen LogP contribution in [0.4, 0.5) is 11.7 Å². The lowest BCUT2D eigenvalue weighted by Gasteiger charge is -2.32. The van der Waals surface area contributed by atoms with Crippen LogP contribution in [-0.4, -0.2) is 59.1 Å². The highest BCUT2D eigenvalue weighted by molar-refractivity contribution is 7.13. The molecule has 0 atom stereocenters. The van der Waals surface area contributed by atoms with Gasteiger partial charge in [0.15, 0.2) is 0 Å². The van der Waals surface area contributed by atoms with Gasteiger partial charge in [-0.25, -0.2) is 0 Å². The number of benzene rings is 1.